The number of fused-ring (bicyclic) bond motifs is 1. The Morgan fingerprint density at radius 2 is 2.21 bits per heavy atom. The van der Waals surface area contributed by atoms with E-state index in [0.29, 0.717) is 17.4 Å². The van der Waals surface area contributed by atoms with Gasteiger partial charge in [0.2, 0.25) is 5.88 Å². The monoisotopic (exact) mass is 380 g/mol. The molecular formula is C21H24N4O3. The maximum atomic E-state index is 11.8. The molecule has 1 N–H and O–H groups in total. The van der Waals surface area contributed by atoms with Crippen LogP contribution >= 0.6 is 0 Å². The van der Waals surface area contributed by atoms with Crippen molar-refractivity contribution >= 4 is 11.6 Å². The molecule has 0 saturated carbocycles. The van der Waals surface area contributed by atoms with Crippen molar-refractivity contribution in [1.29, 1.82) is 0 Å². The van der Waals surface area contributed by atoms with Gasteiger partial charge in [0.15, 0.2) is 5.65 Å². The molecule has 146 valence electrons. The Morgan fingerprint density at radius 1 is 1.32 bits per heavy atom. The quantitative estimate of drug-likeness (QED) is 0.686. The van der Waals surface area contributed by atoms with Crippen molar-refractivity contribution < 1.29 is 14.3 Å². The van der Waals surface area contributed by atoms with Crippen LogP contribution in [0.3, 0.4) is 0 Å². The molecule has 0 radical (unpaired) electrons. The summed E-state index contributed by atoms with van der Waals surface area (Å²) in [5.41, 5.74) is 2.83. The number of piperidine rings is 1. The number of carbonyl (C=O) groups is 1. The molecule has 3 heterocycles. The predicted molar refractivity (Wildman–Crippen MR) is 105 cm³/mol. The zero-order valence-corrected chi connectivity index (χ0v) is 16.1. The van der Waals surface area contributed by atoms with E-state index in [0.717, 1.165) is 36.4 Å². The van der Waals surface area contributed by atoms with Gasteiger partial charge >= 0.3 is 5.97 Å². The van der Waals surface area contributed by atoms with Crippen LogP contribution in [0.15, 0.2) is 42.6 Å². The summed E-state index contributed by atoms with van der Waals surface area (Å²) in [4.78, 5) is 16.3. The van der Waals surface area contributed by atoms with Gasteiger partial charge in [0, 0.05) is 24.1 Å². The average Bonchev–Trinajstić information content (AvgIpc) is 3.17. The lowest BCUT2D eigenvalue weighted by atomic mass is 9.95. The molecule has 7 nitrogen and oxygen atoms in total. The molecular weight excluding hydrogens is 356 g/mol. The van der Waals surface area contributed by atoms with E-state index in [4.69, 9.17) is 9.47 Å². The van der Waals surface area contributed by atoms with Gasteiger partial charge in [-0.2, -0.15) is 0 Å². The fraction of sp³-hybridized carbons (Fsp3) is 0.381. The molecule has 2 aromatic heterocycles. The molecule has 1 saturated heterocycles. The standard InChI is InChI=1S/C21H24N4O3/c1-14(17-7-4-10-22-12-17)28-20-9-8-19-23-13-18(25(19)24-20)15-5-3-6-16(11-15)21(26)27-2/h3,5-6,8-9,11,13-14,17,22H,4,7,10,12H2,1-2H3. The number of nitrogens with zero attached hydrogens (tertiary/aromatic N) is 3. The van der Waals surface area contributed by atoms with Crippen LogP contribution in [0, 0.1) is 5.92 Å². The molecule has 0 bridgehead atoms. The third kappa shape index (κ3) is 3.71. The van der Waals surface area contributed by atoms with Crippen LogP contribution < -0.4 is 10.1 Å². The highest BCUT2D eigenvalue weighted by Gasteiger charge is 2.22. The summed E-state index contributed by atoms with van der Waals surface area (Å²) >= 11 is 0. The van der Waals surface area contributed by atoms with Crippen LogP contribution in [0.2, 0.25) is 0 Å². The number of benzene rings is 1. The first kappa shape index (κ1) is 18.4. The summed E-state index contributed by atoms with van der Waals surface area (Å²) in [5, 5.41) is 8.06. The Balaban J connectivity index is 1.62. The fourth-order valence-electron chi connectivity index (χ4n) is 3.61. The Bertz CT molecular complexity index is 979. The number of ether oxygens (including phenoxy) is 2. The van der Waals surface area contributed by atoms with E-state index in [2.05, 4.69) is 22.3 Å². The summed E-state index contributed by atoms with van der Waals surface area (Å²) in [6, 6.07) is 11.0. The van der Waals surface area contributed by atoms with E-state index < -0.39 is 0 Å². The number of aromatic nitrogens is 3. The molecule has 0 aliphatic carbocycles. The second kappa shape index (κ2) is 7.98. The van der Waals surface area contributed by atoms with E-state index in [-0.39, 0.29) is 12.1 Å². The number of carbonyl (C=O) groups excluding carboxylic acids is 1. The van der Waals surface area contributed by atoms with E-state index in [1.807, 2.05) is 24.3 Å². The second-order valence-corrected chi connectivity index (χ2v) is 7.09. The van der Waals surface area contributed by atoms with Gasteiger partial charge in [0.1, 0.15) is 6.10 Å². The second-order valence-electron chi connectivity index (χ2n) is 7.09. The minimum atomic E-state index is -0.373. The molecule has 0 spiro atoms. The van der Waals surface area contributed by atoms with Crippen molar-refractivity contribution in [3.8, 4) is 17.1 Å². The normalized spacial score (nSPS) is 18.0. The van der Waals surface area contributed by atoms with Crippen LogP contribution in [-0.2, 0) is 4.74 Å². The number of hydrogen-bond donors (Lipinski definition) is 1. The van der Waals surface area contributed by atoms with Crippen LogP contribution in [-0.4, -0.2) is 46.9 Å². The number of hydrogen-bond acceptors (Lipinski definition) is 6. The van der Waals surface area contributed by atoms with Gasteiger partial charge in [-0.3, -0.25) is 0 Å². The van der Waals surface area contributed by atoms with Gasteiger partial charge in [-0.1, -0.05) is 12.1 Å². The van der Waals surface area contributed by atoms with Crippen LogP contribution in [0.5, 0.6) is 5.88 Å². The first-order valence-electron chi connectivity index (χ1n) is 9.56. The minimum Gasteiger partial charge on any atom is -0.473 e. The molecule has 2 atom stereocenters. The summed E-state index contributed by atoms with van der Waals surface area (Å²) in [7, 11) is 1.37. The molecule has 1 aliphatic rings. The minimum absolute atomic E-state index is 0.0763. The van der Waals surface area contributed by atoms with Crippen molar-refractivity contribution in [3.63, 3.8) is 0 Å². The first-order valence-corrected chi connectivity index (χ1v) is 9.56. The van der Waals surface area contributed by atoms with Crippen molar-refractivity contribution in [3.05, 3.63) is 48.2 Å². The average molecular weight is 380 g/mol. The van der Waals surface area contributed by atoms with Crippen molar-refractivity contribution in [2.75, 3.05) is 20.2 Å². The Kier molecular flexibility index (Phi) is 5.25. The highest BCUT2D eigenvalue weighted by molar-refractivity contribution is 5.90. The van der Waals surface area contributed by atoms with Gasteiger partial charge < -0.3 is 14.8 Å². The van der Waals surface area contributed by atoms with Crippen LogP contribution in [0.4, 0.5) is 0 Å². The number of methoxy groups -OCH3 is 1. The Hall–Kier alpha value is -2.93. The largest absolute Gasteiger partial charge is 0.473 e. The van der Waals surface area contributed by atoms with Gasteiger partial charge in [-0.25, -0.2) is 14.3 Å². The van der Waals surface area contributed by atoms with Gasteiger partial charge in [0.25, 0.3) is 0 Å². The zero-order valence-electron chi connectivity index (χ0n) is 16.1. The SMILES string of the molecule is COC(=O)c1cccc(-c2cnc3ccc(OC(C)C4CCCNC4)nn23)c1. The lowest BCUT2D eigenvalue weighted by molar-refractivity contribution is 0.0600. The molecule has 1 aliphatic heterocycles. The molecule has 1 fully saturated rings. The molecule has 7 heteroatoms. The smallest absolute Gasteiger partial charge is 0.337 e. The summed E-state index contributed by atoms with van der Waals surface area (Å²) in [6.45, 7) is 4.15. The highest BCUT2D eigenvalue weighted by Crippen LogP contribution is 2.24. The Labute approximate surface area is 163 Å². The molecule has 3 aromatic rings. The third-order valence-electron chi connectivity index (χ3n) is 5.22. The predicted octanol–water partition coefficient (Wildman–Crippen LogP) is 2.95. The number of rotatable bonds is 5. The summed E-state index contributed by atoms with van der Waals surface area (Å²) in [5.74, 6) is 0.668. The third-order valence-corrected chi connectivity index (χ3v) is 5.22. The molecule has 0 amide bonds. The maximum absolute atomic E-state index is 11.8. The summed E-state index contributed by atoms with van der Waals surface area (Å²) < 4.78 is 12.7. The van der Waals surface area contributed by atoms with Crippen molar-refractivity contribution in [2.45, 2.75) is 25.9 Å². The van der Waals surface area contributed by atoms with E-state index in [9.17, 15) is 4.79 Å². The van der Waals surface area contributed by atoms with E-state index in [1.54, 1.807) is 22.8 Å². The van der Waals surface area contributed by atoms with Gasteiger partial charge in [-0.05, 0) is 44.5 Å². The maximum Gasteiger partial charge on any atom is 0.337 e. The van der Waals surface area contributed by atoms with E-state index >= 15 is 0 Å². The van der Waals surface area contributed by atoms with E-state index in [1.165, 1.54) is 13.5 Å². The van der Waals surface area contributed by atoms with Crippen LogP contribution in [0.25, 0.3) is 16.9 Å². The van der Waals surface area contributed by atoms with Crippen LogP contribution in [0.1, 0.15) is 30.1 Å². The Morgan fingerprint density at radius 3 is 3.00 bits per heavy atom. The first-order chi connectivity index (χ1) is 13.7. The fourth-order valence-corrected chi connectivity index (χ4v) is 3.61. The molecule has 2 unspecified atom stereocenters. The van der Waals surface area contributed by atoms with Gasteiger partial charge in [-0.15, -0.1) is 5.10 Å². The highest BCUT2D eigenvalue weighted by atomic mass is 16.5. The van der Waals surface area contributed by atoms with Crippen molar-refractivity contribution in [2.24, 2.45) is 5.92 Å². The number of imidazole rings is 1. The molecule has 4 rings (SSSR count). The topological polar surface area (TPSA) is 77.8 Å². The molecule has 1 aromatic carbocycles. The number of esters is 1. The lowest BCUT2D eigenvalue weighted by Crippen LogP contribution is -2.38. The van der Waals surface area contributed by atoms with Crippen molar-refractivity contribution in [1.82, 2.24) is 19.9 Å². The summed E-state index contributed by atoms with van der Waals surface area (Å²) in [6.07, 6.45) is 4.16. The molecule has 28 heavy (non-hydrogen) atoms. The number of nitrogens with one attached hydrogen (secondary N) is 1. The van der Waals surface area contributed by atoms with Gasteiger partial charge in [0.05, 0.1) is 24.6 Å². The zero-order chi connectivity index (χ0) is 19.5. The lowest BCUT2D eigenvalue weighted by Gasteiger charge is -2.28.